The van der Waals surface area contributed by atoms with Crippen molar-refractivity contribution in [2.75, 3.05) is 5.75 Å². The van der Waals surface area contributed by atoms with E-state index in [1.807, 2.05) is 0 Å². The van der Waals surface area contributed by atoms with Crippen molar-refractivity contribution in [1.29, 1.82) is 0 Å². The van der Waals surface area contributed by atoms with Gasteiger partial charge in [-0.3, -0.25) is 4.79 Å². The first kappa shape index (κ1) is 8.71. The van der Waals surface area contributed by atoms with Crippen molar-refractivity contribution in [3.8, 4) is 0 Å². The Morgan fingerprint density at radius 2 is 1.91 bits per heavy atom. The number of hydrogen-bond donors (Lipinski definition) is 0. The molecule has 1 rings (SSSR count). The Bertz CT molecular complexity index is 265. The molecule has 64 valence electrons. The summed E-state index contributed by atoms with van der Waals surface area (Å²) in [5.41, 5.74) is 0. The zero-order valence-electron chi connectivity index (χ0n) is 6.70. The van der Waals surface area contributed by atoms with E-state index >= 15 is 0 Å². The van der Waals surface area contributed by atoms with Crippen LogP contribution in [-0.4, -0.2) is 25.2 Å². The van der Waals surface area contributed by atoms with Crippen molar-refractivity contribution in [3.05, 3.63) is 0 Å². The standard InChI is InChI=1S/C7H12O3S/c1-5-4-11(9,10)6(2)3-7(5)8/h5-6H,3-4H2,1-2H3/t5-,6+/m1/s1. The zero-order valence-corrected chi connectivity index (χ0v) is 7.52. The Labute approximate surface area is 66.7 Å². The molecule has 0 aromatic carbocycles. The summed E-state index contributed by atoms with van der Waals surface area (Å²) in [6, 6.07) is 0. The van der Waals surface area contributed by atoms with Crippen molar-refractivity contribution < 1.29 is 13.2 Å². The van der Waals surface area contributed by atoms with Crippen molar-refractivity contribution in [2.24, 2.45) is 5.92 Å². The molecule has 0 amide bonds. The van der Waals surface area contributed by atoms with Crippen LogP contribution in [0.5, 0.6) is 0 Å². The molecule has 4 heteroatoms. The number of hydrogen-bond acceptors (Lipinski definition) is 3. The van der Waals surface area contributed by atoms with Gasteiger partial charge in [0, 0.05) is 12.3 Å². The Morgan fingerprint density at radius 1 is 1.36 bits per heavy atom. The van der Waals surface area contributed by atoms with Crippen LogP contribution < -0.4 is 0 Å². The van der Waals surface area contributed by atoms with Crippen molar-refractivity contribution in [1.82, 2.24) is 0 Å². The second-order valence-electron chi connectivity index (χ2n) is 3.21. The molecular weight excluding hydrogens is 164 g/mol. The minimum atomic E-state index is -2.96. The highest BCUT2D eigenvalue weighted by Gasteiger charge is 2.34. The van der Waals surface area contributed by atoms with Crippen LogP contribution in [0.25, 0.3) is 0 Å². The molecule has 0 unspecified atom stereocenters. The molecule has 1 saturated heterocycles. The maximum Gasteiger partial charge on any atom is 0.154 e. The molecule has 0 radical (unpaired) electrons. The van der Waals surface area contributed by atoms with Crippen LogP contribution in [-0.2, 0) is 14.6 Å². The Balaban J connectivity index is 2.88. The number of carbonyl (C=O) groups excluding carboxylic acids is 1. The average Bonchev–Trinajstić information content (AvgIpc) is 1.83. The second kappa shape index (κ2) is 2.59. The summed E-state index contributed by atoms with van der Waals surface area (Å²) in [4.78, 5) is 11.0. The Morgan fingerprint density at radius 3 is 2.36 bits per heavy atom. The van der Waals surface area contributed by atoms with Gasteiger partial charge in [-0.25, -0.2) is 8.42 Å². The quantitative estimate of drug-likeness (QED) is 0.536. The molecule has 0 N–H and O–H groups in total. The molecule has 0 aromatic rings. The monoisotopic (exact) mass is 176 g/mol. The molecule has 0 saturated carbocycles. The minimum Gasteiger partial charge on any atom is -0.299 e. The largest absolute Gasteiger partial charge is 0.299 e. The van der Waals surface area contributed by atoms with Crippen LogP contribution >= 0.6 is 0 Å². The van der Waals surface area contributed by atoms with Gasteiger partial charge >= 0.3 is 0 Å². The first-order chi connectivity index (χ1) is 4.93. The predicted octanol–water partition coefficient (Wildman–Crippen LogP) is 0.399. The summed E-state index contributed by atoms with van der Waals surface area (Å²) in [7, 11) is -2.96. The van der Waals surface area contributed by atoms with Gasteiger partial charge < -0.3 is 0 Å². The maximum atomic E-state index is 11.2. The smallest absolute Gasteiger partial charge is 0.154 e. The fourth-order valence-corrected chi connectivity index (χ4v) is 2.85. The van der Waals surface area contributed by atoms with E-state index in [9.17, 15) is 13.2 Å². The van der Waals surface area contributed by atoms with Gasteiger partial charge in [-0.1, -0.05) is 6.92 Å². The van der Waals surface area contributed by atoms with Crippen LogP contribution in [0.3, 0.4) is 0 Å². The molecule has 1 fully saturated rings. The predicted molar refractivity (Wildman–Crippen MR) is 42.0 cm³/mol. The molecule has 1 aliphatic heterocycles. The summed E-state index contributed by atoms with van der Waals surface area (Å²) < 4.78 is 22.4. The first-order valence-corrected chi connectivity index (χ1v) is 5.39. The normalized spacial score (nSPS) is 37.1. The van der Waals surface area contributed by atoms with E-state index in [-0.39, 0.29) is 23.9 Å². The van der Waals surface area contributed by atoms with E-state index in [2.05, 4.69) is 0 Å². The lowest BCUT2D eigenvalue weighted by molar-refractivity contribution is -0.122. The van der Waals surface area contributed by atoms with E-state index in [0.717, 1.165) is 0 Å². The van der Waals surface area contributed by atoms with Crippen LogP contribution in [0.2, 0.25) is 0 Å². The van der Waals surface area contributed by atoms with Gasteiger partial charge in [-0.05, 0) is 6.92 Å². The topological polar surface area (TPSA) is 51.2 Å². The lowest BCUT2D eigenvalue weighted by Gasteiger charge is -2.22. The summed E-state index contributed by atoms with van der Waals surface area (Å²) in [5, 5.41) is -0.466. The molecular formula is C7H12O3S. The van der Waals surface area contributed by atoms with E-state index in [0.29, 0.717) is 0 Å². The third kappa shape index (κ3) is 1.61. The van der Waals surface area contributed by atoms with Crippen molar-refractivity contribution in [2.45, 2.75) is 25.5 Å². The highest BCUT2D eigenvalue weighted by atomic mass is 32.2. The van der Waals surface area contributed by atoms with Crippen LogP contribution in [0.1, 0.15) is 20.3 Å². The molecule has 1 aliphatic rings. The summed E-state index contributed by atoms with van der Waals surface area (Å²) in [6.07, 6.45) is 0.198. The molecule has 0 aliphatic carbocycles. The van der Waals surface area contributed by atoms with Gasteiger partial charge in [0.2, 0.25) is 0 Å². The van der Waals surface area contributed by atoms with E-state index < -0.39 is 15.1 Å². The second-order valence-corrected chi connectivity index (χ2v) is 5.68. The molecule has 0 aromatic heterocycles. The number of carbonyl (C=O) groups is 1. The van der Waals surface area contributed by atoms with Gasteiger partial charge in [-0.15, -0.1) is 0 Å². The fraction of sp³-hybridized carbons (Fsp3) is 0.857. The van der Waals surface area contributed by atoms with Crippen LogP contribution in [0.15, 0.2) is 0 Å². The molecule has 11 heavy (non-hydrogen) atoms. The van der Waals surface area contributed by atoms with E-state index in [1.165, 1.54) is 0 Å². The third-order valence-corrected chi connectivity index (χ3v) is 4.49. The van der Waals surface area contributed by atoms with E-state index in [1.54, 1.807) is 13.8 Å². The van der Waals surface area contributed by atoms with Gasteiger partial charge in [0.1, 0.15) is 5.78 Å². The summed E-state index contributed by atoms with van der Waals surface area (Å²) in [6.45, 7) is 3.27. The first-order valence-electron chi connectivity index (χ1n) is 3.68. The SMILES string of the molecule is C[C@@H]1CS(=O)(=O)[C@@H](C)CC1=O. The molecule has 0 spiro atoms. The Kier molecular flexibility index (Phi) is 2.05. The average molecular weight is 176 g/mol. The van der Waals surface area contributed by atoms with Gasteiger partial charge in [0.25, 0.3) is 0 Å². The van der Waals surface area contributed by atoms with Gasteiger partial charge in [0.15, 0.2) is 9.84 Å². The molecule has 2 atom stereocenters. The van der Waals surface area contributed by atoms with Crippen LogP contribution in [0, 0.1) is 5.92 Å². The third-order valence-electron chi connectivity index (χ3n) is 2.13. The minimum absolute atomic E-state index is 0.0347. The zero-order chi connectivity index (χ0) is 8.65. The van der Waals surface area contributed by atoms with Crippen molar-refractivity contribution >= 4 is 15.6 Å². The summed E-state index contributed by atoms with van der Waals surface area (Å²) >= 11 is 0. The number of Topliss-reactive ketones (excluding diaryl/α,β-unsaturated/α-hetero) is 1. The highest BCUT2D eigenvalue weighted by molar-refractivity contribution is 7.92. The number of ketones is 1. The number of sulfone groups is 1. The molecule has 0 bridgehead atoms. The maximum absolute atomic E-state index is 11.2. The lowest BCUT2D eigenvalue weighted by atomic mass is 10.0. The van der Waals surface area contributed by atoms with Gasteiger partial charge in [0.05, 0.1) is 11.0 Å². The molecule has 1 heterocycles. The lowest BCUT2D eigenvalue weighted by Crippen LogP contribution is -2.36. The summed E-state index contributed by atoms with van der Waals surface area (Å²) in [5.74, 6) is -0.184. The van der Waals surface area contributed by atoms with Gasteiger partial charge in [-0.2, -0.15) is 0 Å². The van der Waals surface area contributed by atoms with Crippen LogP contribution in [0.4, 0.5) is 0 Å². The number of rotatable bonds is 0. The fourth-order valence-electron chi connectivity index (χ4n) is 1.22. The molecule has 3 nitrogen and oxygen atoms in total. The highest BCUT2D eigenvalue weighted by Crippen LogP contribution is 2.20. The van der Waals surface area contributed by atoms with Crippen molar-refractivity contribution in [3.63, 3.8) is 0 Å². The van der Waals surface area contributed by atoms with E-state index in [4.69, 9.17) is 0 Å². The Hall–Kier alpha value is -0.380.